The van der Waals surface area contributed by atoms with E-state index >= 15 is 0 Å². The molecule has 2 amide bonds. The lowest BCUT2D eigenvalue weighted by Crippen LogP contribution is -2.41. The maximum absolute atomic E-state index is 12.9. The molecule has 4 rings (SSSR count). The fourth-order valence-electron chi connectivity index (χ4n) is 3.40. The molecule has 1 saturated heterocycles. The van der Waals surface area contributed by atoms with Crippen molar-refractivity contribution in [3.05, 3.63) is 60.0 Å². The van der Waals surface area contributed by atoms with Gasteiger partial charge >= 0.3 is 6.03 Å². The summed E-state index contributed by atoms with van der Waals surface area (Å²) in [4.78, 5) is 18.9. The van der Waals surface area contributed by atoms with E-state index < -0.39 is 0 Å². The fraction of sp³-hybridized carbons (Fsp3) is 0.316. The van der Waals surface area contributed by atoms with Crippen LogP contribution in [-0.4, -0.2) is 32.1 Å². The topological polar surface area (TPSA) is 62.5 Å². The third-order valence-electron chi connectivity index (χ3n) is 4.75. The first-order valence-corrected chi connectivity index (χ1v) is 8.64. The van der Waals surface area contributed by atoms with Gasteiger partial charge in [-0.3, -0.25) is 0 Å². The molecule has 0 radical (unpaired) electrons. The summed E-state index contributed by atoms with van der Waals surface area (Å²) in [6.45, 7) is 2.85. The molecule has 1 N–H and O–H groups in total. The first kappa shape index (κ1) is 15.6. The summed E-state index contributed by atoms with van der Waals surface area (Å²) in [6, 6.07) is 12.2. The van der Waals surface area contributed by atoms with Crippen LogP contribution in [0, 0.1) is 6.92 Å². The highest BCUT2D eigenvalue weighted by atomic mass is 16.2. The van der Waals surface area contributed by atoms with Gasteiger partial charge in [0.2, 0.25) is 0 Å². The van der Waals surface area contributed by atoms with Gasteiger partial charge in [-0.2, -0.15) is 5.10 Å². The number of carbonyl (C=O) groups excluding carboxylic acids is 1. The number of nitrogens with one attached hydrogen (secondary N) is 1. The molecule has 1 unspecified atom stereocenters. The van der Waals surface area contributed by atoms with E-state index in [0.29, 0.717) is 0 Å². The molecule has 6 nitrogen and oxygen atoms in total. The number of hydrogen-bond donors (Lipinski definition) is 1. The summed E-state index contributed by atoms with van der Waals surface area (Å²) in [6.07, 6.45) is 6.47. The molecule has 128 valence electrons. The van der Waals surface area contributed by atoms with Crippen molar-refractivity contribution >= 4 is 17.4 Å². The van der Waals surface area contributed by atoms with Crippen molar-refractivity contribution in [2.45, 2.75) is 32.2 Å². The second kappa shape index (κ2) is 6.55. The van der Waals surface area contributed by atoms with Crippen molar-refractivity contribution in [3.63, 3.8) is 0 Å². The molecule has 3 heterocycles. The van der Waals surface area contributed by atoms with E-state index in [0.717, 1.165) is 37.1 Å². The number of rotatable bonds is 2. The van der Waals surface area contributed by atoms with Crippen LogP contribution in [0.3, 0.4) is 0 Å². The maximum atomic E-state index is 12.9. The van der Waals surface area contributed by atoms with E-state index in [4.69, 9.17) is 0 Å². The van der Waals surface area contributed by atoms with E-state index in [2.05, 4.69) is 46.6 Å². The molecular weight excluding hydrogens is 314 g/mol. The number of benzene rings is 1. The molecular formula is C19H21N5O. The number of amides is 2. The standard InChI is InChI=1S/C19H21N5O/c1-14-5-7-15(8-6-14)17-4-2-3-11-23(17)19(25)22-16-9-10-18-20-13-21-24(18)12-16/h5-10,12-13,17H,2-4,11H2,1H3,(H,22,25). The number of likely N-dealkylation sites (tertiary alicyclic amines) is 1. The first-order chi connectivity index (χ1) is 12.2. The molecule has 1 aliphatic heterocycles. The molecule has 25 heavy (non-hydrogen) atoms. The monoisotopic (exact) mass is 335 g/mol. The Morgan fingerprint density at radius 2 is 2.00 bits per heavy atom. The van der Waals surface area contributed by atoms with Crippen LogP contribution in [0.4, 0.5) is 10.5 Å². The minimum Gasteiger partial charge on any atom is -0.317 e. The molecule has 2 aromatic heterocycles. The molecule has 0 bridgehead atoms. The van der Waals surface area contributed by atoms with Gasteiger partial charge in [0, 0.05) is 6.54 Å². The van der Waals surface area contributed by atoms with Crippen LogP contribution >= 0.6 is 0 Å². The van der Waals surface area contributed by atoms with Crippen molar-refractivity contribution in [3.8, 4) is 0 Å². The third-order valence-corrected chi connectivity index (χ3v) is 4.75. The summed E-state index contributed by atoms with van der Waals surface area (Å²) < 4.78 is 1.66. The number of pyridine rings is 1. The Hall–Kier alpha value is -2.89. The quantitative estimate of drug-likeness (QED) is 0.775. The number of aryl methyl sites for hydroxylation is 1. The minimum absolute atomic E-state index is 0.0651. The van der Waals surface area contributed by atoms with Gasteiger partial charge in [0.05, 0.1) is 17.9 Å². The maximum Gasteiger partial charge on any atom is 0.322 e. The second-order valence-electron chi connectivity index (χ2n) is 6.53. The Balaban J connectivity index is 1.54. The van der Waals surface area contributed by atoms with Gasteiger partial charge in [0.25, 0.3) is 0 Å². The predicted octanol–water partition coefficient (Wildman–Crippen LogP) is 3.80. The highest BCUT2D eigenvalue weighted by Crippen LogP contribution is 2.31. The summed E-state index contributed by atoms with van der Waals surface area (Å²) in [7, 11) is 0. The molecule has 1 fully saturated rings. The van der Waals surface area contributed by atoms with Crippen molar-refractivity contribution in [1.29, 1.82) is 0 Å². The Morgan fingerprint density at radius 1 is 1.16 bits per heavy atom. The SMILES string of the molecule is Cc1ccc(C2CCCCN2C(=O)Nc2ccc3ncnn3c2)cc1. The molecule has 0 spiro atoms. The van der Waals surface area contributed by atoms with Gasteiger partial charge in [-0.25, -0.2) is 14.3 Å². The van der Waals surface area contributed by atoms with Crippen molar-refractivity contribution in [2.75, 3.05) is 11.9 Å². The smallest absolute Gasteiger partial charge is 0.317 e. The number of piperidine rings is 1. The van der Waals surface area contributed by atoms with E-state index in [-0.39, 0.29) is 12.1 Å². The number of hydrogen-bond acceptors (Lipinski definition) is 3. The molecule has 3 aromatic rings. The Labute approximate surface area is 146 Å². The van der Waals surface area contributed by atoms with Gasteiger partial charge in [-0.1, -0.05) is 29.8 Å². The average molecular weight is 335 g/mol. The van der Waals surface area contributed by atoms with Crippen LogP contribution in [0.25, 0.3) is 5.65 Å². The number of carbonyl (C=O) groups is 1. The lowest BCUT2D eigenvalue weighted by atomic mass is 9.95. The molecule has 1 aromatic carbocycles. The van der Waals surface area contributed by atoms with Crippen LogP contribution in [0.2, 0.25) is 0 Å². The van der Waals surface area contributed by atoms with Gasteiger partial charge in [-0.15, -0.1) is 0 Å². The number of aromatic nitrogens is 3. The van der Waals surface area contributed by atoms with Gasteiger partial charge < -0.3 is 10.2 Å². The molecule has 0 aliphatic carbocycles. The summed E-state index contributed by atoms with van der Waals surface area (Å²) in [5.74, 6) is 0. The third kappa shape index (κ3) is 3.20. The van der Waals surface area contributed by atoms with Gasteiger partial charge in [0.15, 0.2) is 5.65 Å². The zero-order valence-corrected chi connectivity index (χ0v) is 14.2. The van der Waals surface area contributed by atoms with Crippen LogP contribution < -0.4 is 5.32 Å². The van der Waals surface area contributed by atoms with Gasteiger partial charge in [0.1, 0.15) is 6.33 Å². The molecule has 1 atom stereocenters. The normalized spacial score (nSPS) is 17.6. The van der Waals surface area contributed by atoms with E-state index in [1.165, 1.54) is 17.5 Å². The number of anilines is 1. The number of fused-ring (bicyclic) bond motifs is 1. The van der Waals surface area contributed by atoms with Crippen LogP contribution in [0.5, 0.6) is 0 Å². The highest BCUT2D eigenvalue weighted by Gasteiger charge is 2.28. The number of urea groups is 1. The van der Waals surface area contributed by atoms with Crippen LogP contribution in [0.15, 0.2) is 48.9 Å². The van der Waals surface area contributed by atoms with E-state index in [1.807, 2.05) is 17.0 Å². The zero-order chi connectivity index (χ0) is 17.2. The first-order valence-electron chi connectivity index (χ1n) is 8.64. The average Bonchev–Trinajstić information content (AvgIpc) is 3.10. The Bertz CT molecular complexity index is 886. The lowest BCUT2D eigenvalue weighted by molar-refractivity contribution is 0.163. The zero-order valence-electron chi connectivity index (χ0n) is 14.2. The van der Waals surface area contributed by atoms with Crippen molar-refractivity contribution < 1.29 is 4.79 Å². The second-order valence-corrected chi connectivity index (χ2v) is 6.53. The summed E-state index contributed by atoms with van der Waals surface area (Å²) >= 11 is 0. The highest BCUT2D eigenvalue weighted by molar-refractivity contribution is 5.89. The largest absolute Gasteiger partial charge is 0.322 e. The summed E-state index contributed by atoms with van der Waals surface area (Å²) in [5.41, 5.74) is 3.91. The number of nitrogens with zero attached hydrogens (tertiary/aromatic N) is 4. The Kier molecular flexibility index (Phi) is 4.09. The summed E-state index contributed by atoms with van der Waals surface area (Å²) in [5, 5.41) is 7.11. The van der Waals surface area contributed by atoms with Crippen molar-refractivity contribution in [1.82, 2.24) is 19.5 Å². The molecule has 1 aliphatic rings. The Morgan fingerprint density at radius 3 is 2.84 bits per heavy atom. The molecule has 6 heteroatoms. The van der Waals surface area contributed by atoms with Crippen LogP contribution in [0.1, 0.15) is 36.4 Å². The lowest BCUT2D eigenvalue weighted by Gasteiger charge is -2.36. The molecule has 0 saturated carbocycles. The van der Waals surface area contributed by atoms with E-state index in [9.17, 15) is 4.79 Å². The van der Waals surface area contributed by atoms with Gasteiger partial charge in [-0.05, 0) is 43.9 Å². The fourth-order valence-corrected chi connectivity index (χ4v) is 3.40. The van der Waals surface area contributed by atoms with Crippen LogP contribution in [-0.2, 0) is 0 Å². The minimum atomic E-state index is -0.0651. The van der Waals surface area contributed by atoms with Crippen molar-refractivity contribution in [2.24, 2.45) is 0 Å². The van der Waals surface area contributed by atoms with E-state index in [1.54, 1.807) is 10.7 Å². The predicted molar refractivity (Wildman–Crippen MR) is 96.5 cm³/mol.